The molecule has 0 bridgehead atoms. The second-order valence-corrected chi connectivity index (χ2v) is 5.91. The molecule has 0 unspecified atom stereocenters. The van der Waals surface area contributed by atoms with Gasteiger partial charge in [-0.15, -0.1) is 0 Å². The third-order valence-electron chi connectivity index (χ3n) is 0.305. The average molecular weight is 127 g/mol. The number of nitrogens with two attached hydrogens (primary N) is 1. The van der Waals surface area contributed by atoms with E-state index >= 15 is 0 Å². The molecule has 0 saturated carbocycles. The zero-order valence-electron chi connectivity index (χ0n) is 4.33. The first-order valence-corrected chi connectivity index (χ1v) is 4.67. The van der Waals surface area contributed by atoms with Crippen molar-refractivity contribution in [3.8, 4) is 0 Å². The monoisotopic (exact) mass is 127 g/mol. The van der Waals surface area contributed by atoms with Gasteiger partial charge in [0.1, 0.15) is 0 Å². The first kappa shape index (κ1) is 7.27. The Morgan fingerprint density at radius 1 is 1.43 bits per heavy atom. The standard InChI is InChI=1S/C2H10NO3P/c1-7(2,4,5)6-3/h4-5H,3H2,1-2H3. The summed E-state index contributed by atoms with van der Waals surface area (Å²) in [5.41, 5.74) is 0. The molecule has 0 saturated heterocycles. The van der Waals surface area contributed by atoms with E-state index in [-0.39, 0.29) is 0 Å². The van der Waals surface area contributed by atoms with Crippen LogP contribution >= 0.6 is 7.28 Å². The molecule has 0 aromatic rings. The molecule has 0 heterocycles. The molecule has 0 amide bonds. The Bertz CT molecular complexity index is 65.5. The van der Waals surface area contributed by atoms with E-state index in [4.69, 9.17) is 9.79 Å². The summed E-state index contributed by atoms with van der Waals surface area (Å²) in [5.74, 6) is 4.50. The van der Waals surface area contributed by atoms with Crippen molar-refractivity contribution in [2.45, 2.75) is 0 Å². The van der Waals surface area contributed by atoms with Gasteiger partial charge in [-0.05, 0) is 0 Å². The van der Waals surface area contributed by atoms with Crippen molar-refractivity contribution in [1.29, 1.82) is 0 Å². The van der Waals surface area contributed by atoms with Gasteiger partial charge < -0.3 is 0 Å². The Morgan fingerprint density at radius 2 is 1.57 bits per heavy atom. The van der Waals surface area contributed by atoms with Crippen molar-refractivity contribution >= 4 is 7.28 Å². The van der Waals surface area contributed by atoms with Crippen LogP contribution in [0.5, 0.6) is 0 Å². The van der Waals surface area contributed by atoms with Crippen LogP contribution in [0, 0.1) is 0 Å². The van der Waals surface area contributed by atoms with Crippen LogP contribution in [0.25, 0.3) is 0 Å². The van der Waals surface area contributed by atoms with E-state index in [1.54, 1.807) is 0 Å². The molecule has 46 valence electrons. The fraction of sp³-hybridized carbons (Fsp3) is 1.00. The van der Waals surface area contributed by atoms with Crippen LogP contribution in [0.3, 0.4) is 0 Å². The molecular formula is C2H10NO3P. The van der Waals surface area contributed by atoms with E-state index < -0.39 is 7.28 Å². The number of hydrogen-bond donors (Lipinski definition) is 3. The molecule has 7 heavy (non-hydrogen) atoms. The first-order chi connectivity index (χ1) is 2.81. The normalized spacial score (nSPS) is 18.1. The van der Waals surface area contributed by atoms with E-state index in [2.05, 4.69) is 10.5 Å². The summed E-state index contributed by atoms with van der Waals surface area (Å²) in [6.45, 7) is 2.32. The Kier molecular flexibility index (Phi) is 1.42. The maximum absolute atomic E-state index is 8.63. The molecule has 0 aliphatic carbocycles. The van der Waals surface area contributed by atoms with E-state index in [0.717, 1.165) is 13.3 Å². The van der Waals surface area contributed by atoms with Gasteiger partial charge in [-0.2, -0.15) is 0 Å². The van der Waals surface area contributed by atoms with E-state index in [1.807, 2.05) is 0 Å². The second-order valence-electron chi connectivity index (χ2n) is 1.97. The van der Waals surface area contributed by atoms with Crippen LogP contribution < -0.4 is 5.90 Å². The second kappa shape index (κ2) is 1.37. The molecule has 4 nitrogen and oxygen atoms in total. The molecular weight excluding hydrogens is 117 g/mol. The van der Waals surface area contributed by atoms with Crippen molar-refractivity contribution in [2.75, 3.05) is 13.3 Å². The topological polar surface area (TPSA) is 75.7 Å². The molecule has 0 rings (SSSR count). The number of hydrogen-bond acceptors (Lipinski definition) is 4. The molecule has 0 aliphatic rings. The molecule has 0 atom stereocenters. The third kappa shape index (κ3) is 6.27. The van der Waals surface area contributed by atoms with Crippen molar-refractivity contribution < 1.29 is 14.4 Å². The molecule has 0 fully saturated rings. The Labute approximate surface area is 42.0 Å². The van der Waals surface area contributed by atoms with Crippen LogP contribution in [-0.4, -0.2) is 23.1 Å². The zero-order valence-corrected chi connectivity index (χ0v) is 5.22. The molecule has 0 aliphatic heterocycles. The van der Waals surface area contributed by atoms with Gasteiger partial charge in [0.05, 0.1) is 0 Å². The quantitative estimate of drug-likeness (QED) is 0.325. The fourth-order valence-corrected chi connectivity index (χ4v) is 0. The SMILES string of the molecule is CP(C)(O)(O)ON. The summed E-state index contributed by atoms with van der Waals surface area (Å²) in [7, 11) is -3.80. The van der Waals surface area contributed by atoms with Crippen LogP contribution in [0.2, 0.25) is 0 Å². The first-order valence-electron chi connectivity index (χ1n) is 1.71. The van der Waals surface area contributed by atoms with Crippen LogP contribution in [0.4, 0.5) is 0 Å². The van der Waals surface area contributed by atoms with Crippen molar-refractivity contribution in [3.05, 3.63) is 0 Å². The predicted octanol–water partition coefficient (Wildman–Crippen LogP) is -0.581. The molecule has 5 heteroatoms. The molecule has 0 spiro atoms. The Balaban J connectivity index is 3.83. The maximum atomic E-state index is 8.63. The van der Waals surface area contributed by atoms with Gasteiger partial charge in [0, 0.05) is 0 Å². The average Bonchev–Trinajstić information content (AvgIpc) is 1.32. The van der Waals surface area contributed by atoms with Gasteiger partial charge in [0.2, 0.25) is 0 Å². The van der Waals surface area contributed by atoms with Gasteiger partial charge in [0.25, 0.3) is 0 Å². The zero-order chi connectivity index (χ0) is 6.15. The number of rotatable bonds is 1. The molecule has 0 radical (unpaired) electrons. The minimum absolute atomic E-state index is 1.16. The van der Waals surface area contributed by atoms with E-state index in [1.165, 1.54) is 0 Å². The summed E-state index contributed by atoms with van der Waals surface area (Å²) in [5, 5.41) is 0. The summed E-state index contributed by atoms with van der Waals surface area (Å²) in [6.07, 6.45) is 0. The molecule has 0 aromatic heterocycles. The van der Waals surface area contributed by atoms with E-state index in [0.29, 0.717) is 0 Å². The van der Waals surface area contributed by atoms with Gasteiger partial charge in [-0.1, -0.05) is 0 Å². The third-order valence-corrected chi connectivity index (χ3v) is 0.915. The van der Waals surface area contributed by atoms with Crippen LogP contribution in [-0.2, 0) is 4.62 Å². The van der Waals surface area contributed by atoms with Crippen LogP contribution in [0.1, 0.15) is 0 Å². The van der Waals surface area contributed by atoms with Gasteiger partial charge >= 0.3 is 40.9 Å². The van der Waals surface area contributed by atoms with Gasteiger partial charge in [-0.25, -0.2) is 0 Å². The van der Waals surface area contributed by atoms with Gasteiger partial charge in [0.15, 0.2) is 0 Å². The van der Waals surface area contributed by atoms with Crippen molar-refractivity contribution in [1.82, 2.24) is 0 Å². The Morgan fingerprint density at radius 3 is 1.57 bits per heavy atom. The summed E-state index contributed by atoms with van der Waals surface area (Å²) < 4.78 is 3.87. The molecule has 0 aromatic carbocycles. The predicted molar refractivity (Wildman–Crippen MR) is 28.5 cm³/mol. The minimum atomic E-state index is -3.80. The molecule has 4 N–H and O–H groups in total. The summed E-state index contributed by atoms with van der Waals surface area (Å²) in [6, 6.07) is 0. The fourth-order valence-electron chi connectivity index (χ4n) is 0. The summed E-state index contributed by atoms with van der Waals surface area (Å²) >= 11 is 0. The van der Waals surface area contributed by atoms with Crippen LogP contribution in [0.15, 0.2) is 0 Å². The van der Waals surface area contributed by atoms with Gasteiger partial charge in [-0.3, -0.25) is 0 Å². The van der Waals surface area contributed by atoms with Crippen molar-refractivity contribution in [2.24, 2.45) is 5.90 Å². The van der Waals surface area contributed by atoms with Crippen molar-refractivity contribution in [3.63, 3.8) is 0 Å². The van der Waals surface area contributed by atoms with E-state index in [9.17, 15) is 0 Å². The Hall–Kier alpha value is 0.270. The summed E-state index contributed by atoms with van der Waals surface area (Å²) in [4.78, 5) is 17.3.